The lowest BCUT2D eigenvalue weighted by molar-refractivity contribution is 0.0872. The van der Waals surface area contributed by atoms with E-state index < -0.39 is 0 Å². The molecule has 0 saturated heterocycles. The van der Waals surface area contributed by atoms with Crippen molar-refractivity contribution in [3.8, 4) is 0 Å². The SMILES string of the molecule is CCOCC(C)NC(=O)c1cccnc1NN. The first-order valence-corrected chi connectivity index (χ1v) is 5.49. The smallest absolute Gasteiger partial charge is 0.255 e. The van der Waals surface area contributed by atoms with Crippen LogP contribution in [-0.4, -0.2) is 30.1 Å². The lowest BCUT2D eigenvalue weighted by Gasteiger charge is -2.14. The van der Waals surface area contributed by atoms with Crippen LogP contribution in [0.25, 0.3) is 0 Å². The number of hydrazine groups is 1. The maximum atomic E-state index is 11.9. The van der Waals surface area contributed by atoms with Crippen LogP contribution in [0.1, 0.15) is 24.2 Å². The fraction of sp³-hybridized carbons (Fsp3) is 0.455. The molecule has 1 aromatic rings. The minimum absolute atomic E-state index is 0.0618. The number of rotatable bonds is 6. The van der Waals surface area contributed by atoms with Gasteiger partial charge in [0.1, 0.15) is 0 Å². The van der Waals surface area contributed by atoms with Gasteiger partial charge in [0.15, 0.2) is 5.82 Å². The highest BCUT2D eigenvalue weighted by atomic mass is 16.5. The topological polar surface area (TPSA) is 89.3 Å². The number of carbonyl (C=O) groups is 1. The largest absolute Gasteiger partial charge is 0.380 e. The molecule has 0 aliphatic rings. The molecule has 1 unspecified atom stereocenters. The Hall–Kier alpha value is -1.66. The number of anilines is 1. The Morgan fingerprint density at radius 1 is 1.65 bits per heavy atom. The van der Waals surface area contributed by atoms with Gasteiger partial charge in [0.2, 0.25) is 0 Å². The third kappa shape index (κ3) is 4.01. The summed E-state index contributed by atoms with van der Waals surface area (Å²) < 4.78 is 5.22. The molecule has 17 heavy (non-hydrogen) atoms. The Kier molecular flexibility index (Phi) is 5.38. The number of pyridine rings is 1. The van der Waals surface area contributed by atoms with Crippen molar-refractivity contribution < 1.29 is 9.53 Å². The minimum Gasteiger partial charge on any atom is -0.380 e. The maximum Gasteiger partial charge on any atom is 0.255 e. The van der Waals surface area contributed by atoms with Crippen molar-refractivity contribution in [2.75, 3.05) is 18.6 Å². The molecule has 1 aromatic heterocycles. The van der Waals surface area contributed by atoms with Gasteiger partial charge in [-0.1, -0.05) is 0 Å². The van der Waals surface area contributed by atoms with E-state index in [1.54, 1.807) is 18.3 Å². The first kappa shape index (κ1) is 13.4. The summed E-state index contributed by atoms with van der Waals surface area (Å²) in [5.41, 5.74) is 2.80. The minimum atomic E-state index is -0.224. The monoisotopic (exact) mass is 238 g/mol. The summed E-state index contributed by atoms with van der Waals surface area (Å²) in [6.45, 7) is 4.89. The molecule has 94 valence electrons. The van der Waals surface area contributed by atoms with Crippen molar-refractivity contribution in [2.24, 2.45) is 5.84 Å². The van der Waals surface area contributed by atoms with Gasteiger partial charge in [-0.05, 0) is 26.0 Å². The molecule has 0 aromatic carbocycles. The molecule has 6 nitrogen and oxygen atoms in total. The highest BCUT2D eigenvalue weighted by molar-refractivity contribution is 5.98. The molecular formula is C11H18N4O2. The van der Waals surface area contributed by atoms with Crippen molar-refractivity contribution in [3.63, 3.8) is 0 Å². The summed E-state index contributed by atoms with van der Waals surface area (Å²) >= 11 is 0. The highest BCUT2D eigenvalue weighted by Gasteiger charge is 2.13. The Balaban J connectivity index is 2.63. The van der Waals surface area contributed by atoms with Crippen LogP contribution in [0, 0.1) is 0 Å². The van der Waals surface area contributed by atoms with E-state index in [-0.39, 0.29) is 11.9 Å². The maximum absolute atomic E-state index is 11.9. The van der Waals surface area contributed by atoms with Crippen LogP contribution in [0.5, 0.6) is 0 Å². The average Bonchev–Trinajstić information content (AvgIpc) is 2.36. The zero-order valence-electron chi connectivity index (χ0n) is 10.1. The number of nitrogens with two attached hydrogens (primary N) is 1. The van der Waals surface area contributed by atoms with Crippen molar-refractivity contribution >= 4 is 11.7 Å². The van der Waals surface area contributed by atoms with Crippen molar-refractivity contribution in [1.29, 1.82) is 0 Å². The molecule has 1 rings (SSSR count). The molecule has 4 N–H and O–H groups in total. The second-order valence-corrected chi connectivity index (χ2v) is 3.58. The molecular weight excluding hydrogens is 220 g/mol. The predicted octanol–water partition coefficient (Wildman–Crippen LogP) is 0.522. The van der Waals surface area contributed by atoms with Crippen LogP contribution in [0.3, 0.4) is 0 Å². The zero-order chi connectivity index (χ0) is 12.7. The number of hydrogen-bond acceptors (Lipinski definition) is 5. The number of aromatic nitrogens is 1. The van der Waals surface area contributed by atoms with Gasteiger partial charge in [-0.3, -0.25) is 4.79 Å². The first-order chi connectivity index (χ1) is 8.19. The van der Waals surface area contributed by atoms with E-state index in [0.717, 1.165) is 0 Å². The van der Waals surface area contributed by atoms with Gasteiger partial charge in [-0.2, -0.15) is 0 Å². The van der Waals surface area contributed by atoms with Crippen LogP contribution in [0.4, 0.5) is 5.82 Å². The third-order valence-corrected chi connectivity index (χ3v) is 2.14. The fourth-order valence-corrected chi connectivity index (χ4v) is 1.34. The van der Waals surface area contributed by atoms with Crippen LogP contribution in [0.15, 0.2) is 18.3 Å². The van der Waals surface area contributed by atoms with Crippen molar-refractivity contribution in [1.82, 2.24) is 10.3 Å². The van der Waals surface area contributed by atoms with Crippen LogP contribution in [0.2, 0.25) is 0 Å². The standard InChI is InChI=1S/C11H18N4O2/c1-3-17-7-8(2)14-11(16)9-5-4-6-13-10(9)15-12/h4-6,8H,3,7,12H2,1-2H3,(H,13,15)(H,14,16). The van der Waals surface area contributed by atoms with Crippen molar-refractivity contribution in [2.45, 2.75) is 19.9 Å². The Bertz CT molecular complexity index is 370. The Morgan fingerprint density at radius 3 is 3.06 bits per heavy atom. The van der Waals surface area contributed by atoms with E-state index in [1.807, 2.05) is 13.8 Å². The third-order valence-electron chi connectivity index (χ3n) is 2.14. The van der Waals surface area contributed by atoms with E-state index in [0.29, 0.717) is 24.6 Å². The number of carbonyl (C=O) groups excluding carboxylic acids is 1. The molecule has 0 fully saturated rings. The van der Waals surface area contributed by atoms with Gasteiger partial charge < -0.3 is 15.5 Å². The second kappa shape index (κ2) is 6.82. The fourth-order valence-electron chi connectivity index (χ4n) is 1.34. The number of amides is 1. The molecule has 6 heteroatoms. The van der Waals surface area contributed by atoms with E-state index >= 15 is 0 Å². The molecule has 1 atom stereocenters. The molecule has 1 amide bonds. The lowest BCUT2D eigenvalue weighted by atomic mass is 10.2. The van der Waals surface area contributed by atoms with E-state index in [1.165, 1.54) is 0 Å². The van der Waals surface area contributed by atoms with Crippen LogP contribution in [-0.2, 0) is 4.74 Å². The van der Waals surface area contributed by atoms with Crippen LogP contribution < -0.4 is 16.6 Å². The summed E-state index contributed by atoms with van der Waals surface area (Å²) in [4.78, 5) is 15.9. The van der Waals surface area contributed by atoms with Gasteiger partial charge in [0, 0.05) is 18.8 Å². The van der Waals surface area contributed by atoms with E-state index in [4.69, 9.17) is 10.6 Å². The zero-order valence-corrected chi connectivity index (χ0v) is 10.1. The first-order valence-electron chi connectivity index (χ1n) is 5.49. The van der Waals surface area contributed by atoms with Gasteiger partial charge in [0.25, 0.3) is 5.91 Å². The number of nitrogens with one attached hydrogen (secondary N) is 2. The van der Waals surface area contributed by atoms with Gasteiger partial charge >= 0.3 is 0 Å². The van der Waals surface area contributed by atoms with E-state index in [2.05, 4.69) is 15.7 Å². The van der Waals surface area contributed by atoms with Gasteiger partial charge in [-0.25, -0.2) is 10.8 Å². The van der Waals surface area contributed by atoms with Crippen LogP contribution >= 0.6 is 0 Å². The molecule has 0 aliphatic heterocycles. The predicted molar refractivity (Wildman–Crippen MR) is 65.5 cm³/mol. The molecule has 1 heterocycles. The molecule has 0 radical (unpaired) electrons. The summed E-state index contributed by atoms with van der Waals surface area (Å²) in [6.07, 6.45) is 1.57. The average molecular weight is 238 g/mol. The molecule has 0 spiro atoms. The number of ether oxygens (including phenoxy) is 1. The van der Waals surface area contributed by atoms with Gasteiger partial charge in [-0.15, -0.1) is 0 Å². The van der Waals surface area contributed by atoms with Crippen molar-refractivity contribution in [3.05, 3.63) is 23.9 Å². The summed E-state index contributed by atoms with van der Waals surface area (Å²) in [7, 11) is 0. The quantitative estimate of drug-likeness (QED) is 0.496. The highest BCUT2D eigenvalue weighted by Crippen LogP contribution is 2.09. The number of nitrogens with zero attached hydrogens (tertiary/aromatic N) is 1. The summed E-state index contributed by atoms with van der Waals surface area (Å²) in [5.74, 6) is 5.41. The Morgan fingerprint density at radius 2 is 2.41 bits per heavy atom. The second-order valence-electron chi connectivity index (χ2n) is 3.58. The molecule has 0 aliphatic carbocycles. The van der Waals surface area contributed by atoms with Gasteiger partial charge in [0.05, 0.1) is 12.2 Å². The molecule has 0 bridgehead atoms. The summed E-state index contributed by atoms with van der Waals surface area (Å²) in [5, 5.41) is 2.81. The summed E-state index contributed by atoms with van der Waals surface area (Å²) in [6, 6.07) is 3.28. The number of hydrogen-bond donors (Lipinski definition) is 3. The van der Waals surface area contributed by atoms with E-state index in [9.17, 15) is 4.79 Å². The molecule has 0 saturated carbocycles. The lowest BCUT2D eigenvalue weighted by Crippen LogP contribution is -2.36. The normalized spacial score (nSPS) is 11.9. The number of nitrogen functional groups attached to an aromatic ring is 1. The Labute approximate surface area is 101 Å².